The van der Waals surface area contributed by atoms with E-state index >= 15 is 0 Å². The third-order valence-electron chi connectivity index (χ3n) is 10.3. The number of pyridine rings is 1. The van der Waals surface area contributed by atoms with Gasteiger partial charge in [0.25, 0.3) is 11.8 Å². The second-order valence-corrected chi connectivity index (χ2v) is 13.9. The van der Waals surface area contributed by atoms with Crippen molar-refractivity contribution in [2.45, 2.75) is 69.5 Å². The Labute approximate surface area is 293 Å². The van der Waals surface area contributed by atoms with Crippen molar-refractivity contribution in [3.8, 4) is 0 Å². The van der Waals surface area contributed by atoms with E-state index < -0.39 is 5.92 Å². The largest absolute Gasteiger partial charge is 0.349 e. The zero-order valence-electron chi connectivity index (χ0n) is 28.6. The number of fused-ring (bicyclic) bond motifs is 1. The number of amides is 3. The smallest absolute Gasteiger partial charge is 0.261 e. The van der Waals surface area contributed by atoms with Crippen LogP contribution in [0.5, 0.6) is 0 Å². The van der Waals surface area contributed by atoms with Gasteiger partial charge < -0.3 is 15.5 Å². The van der Waals surface area contributed by atoms with Crippen molar-refractivity contribution in [3.63, 3.8) is 0 Å². The third-order valence-corrected chi connectivity index (χ3v) is 10.3. The number of unbranched alkanes of at least 4 members (excludes halogenated alkanes) is 1. The van der Waals surface area contributed by atoms with Crippen LogP contribution >= 0.6 is 0 Å². The molecule has 0 spiro atoms. The zero-order chi connectivity index (χ0) is 34.9. The lowest BCUT2D eigenvalue weighted by atomic mass is 9.86. The summed E-state index contributed by atoms with van der Waals surface area (Å²) in [5.41, 5.74) is 2.98. The van der Waals surface area contributed by atoms with E-state index in [1.165, 1.54) is 4.90 Å². The van der Waals surface area contributed by atoms with E-state index in [2.05, 4.69) is 25.4 Å². The van der Waals surface area contributed by atoms with Crippen molar-refractivity contribution < 1.29 is 23.2 Å². The molecule has 50 heavy (non-hydrogen) atoms. The highest BCUT2D eigenvalue weighted by molar-refractivity contribution is 6.21. The molecule has 1 saturated carbocycles. The molecule has 11 heteroatoms. The van der Waals surface area contributed by atoms with Gasteiger partial charge in [-0.1, -0.05) is 48.5 Å². The molecule has 2 atom stereocenters. The molecule has 2 aromatic carbocycles. The molecular weight excluding hydrogens is 638 g/mol. The molecule has 2 fully saturated rings. The highest BCUT2D eigenvalue weighted by Gasteiger charge is 2.38. The Morgan fingerprint density at radius 3 is 2.34 bits per heavy atom. The fourth-order valence-corrected chi connectivity index (χ4v) is 7.45. The number of hydrogen-bond acceptors (Lipinski definition) is 7. The lowest BCUT2D eigenvalue weighted by Gasteiger charge is -2.37. The number of carbonyl (C=O) groups excluding carboxylic acids is 3. The number of nitrogens with one attached hydrogen (secondary N) is 2. The summed E-state index contributed by atoms with van der Waals surface area (Å²) in [7, 11) is 0. The summed E-state index contributed by atoms with van der Waals surface area (Å²) in [4.78, 5) is 49.6. The molecule has 9 nitrogen and oxygen atoms in total. The highest BCUT2D eigenvalue weighted by atomic mass is 19.3. The van der Waals surface area contributed by atoms with Crippen molar-refractivity contribution in [1.29, 1.82) is 0 Å². The van der Waals surface area contributed by atoms with E-state index in [1.54, 1.807) is 24.3 Å². The van der Waals surface area contributed by atoms with Crippen LogP contribution in [0.15, 0.2) is 79.0 Å². The van der Waals surface area contributed by atoms with Gasteiger partial charge in [0.05, 0.1) is 22.9 Å². The number of hydrogen-bond donors (Lipinski definition) is 2. The first kappa shape index (κ1) is 35.8. The van der Waals surface area contributed by atoms with E-state index in [0.717, 1.165) is 63.4 Å². The Bertz CT molecular complexity index is 1550. The van der Waals surface area contributed by atoms with Crippen LogP contribution < -0.4 is 10.6 Å². The quantitative estimate of drug-likeness (QED) is 0.165. The van der Waals surface area contributed by atoms with Crippen LogP contribution in [0, 0.1) is 5.92 Å². The minimum atomic E-state index is -2.66. The first-order valence-corrected chi connectivity index (χ1v) is 18.0. The van der Waals surface area contributed by atoms with Gasteiger partial charge in [-0.25, -0.2) is 8.78 Å². The molecule has 266 valence electrons. The molecule has 0 bridgehead atoms. The number of piperazine rings is 1. The molecule has 6 rings (SSSR count). The van der Waals surface area contributed by atoms with Gasteiger partial charge >= 0.3 is 0 Å². The summed E-state index contributed by atoms with van der Waals surface area (Å²) >= 11 is 0. The molecule has 0 radical (unpaired) electrons. The Hall–Kier alpha value is -4.06. The molecule has 3 heterocycles. The van der Waals surface area contributed by atoms with E-state index in [4.69, 9.17) is 0 Å². The summed E-state index contributed by atoms with van der Waals surface area (Å²) in [5, 5.41) is 6.90. The predicted molar refractivity (Wildman–Crippen MR) is 188 cm³/mol. The Balaban J connectivity index is 1.02. The normalized spacial score (nSPS) is 20.2. The molecule has 2 N–H and O–H groups in total. The van der Waals surface area contributed by atoms with Gasteiger partial charge in [-0.3, -0.25) is 29.2 Å². The summed E-state index contributed by atoms with van der Waals surface area (Å²) in [5.74, 6) is -3.59. The average molecular weight is 687 g/mol. The van der Waals surface area contributed by atoms with Crippen LogP contribution in [0.4, 0.5) is 8.78 Å². The van der Waals surface area contributed by atoms with Crippen LogP contribution in [0.3, 0.4) is 0 Å². The molecule has 0 unspecified atom stereocenters. The number of imide groups is 1. The van der Waals surface area contributed by atoms with Gasteiger partial charge in [0.2, 0.25) is 11.8 Å². The first-order valence-electron chi connectivity index (χ1n) is 18.0. The van der Waals surface area contributed by atoms with Crippen LogP contribution in [0.25, 0.3) is 0 Å². The SMILES string of the molecule is O=C(N[C@@H](CCN1CCN[C@@H](CN(CCCCN2C(=O)c3ccccc3C2=O)Cc2ccccn2)C1)c1ccccc1)C1CCC(F)(F)CC1. The fourth-order valence-electron chi connectivity index (χ4n) is 7.45. The van der Waals surface area contributed by atoms with Crippen molar-refractivity contribution in [3.05, 3.63) is 101 Å². The first-order chi connectivity index (χ1) is 24.3. The number of rotatable bonds is 15. The summed E-state index contributed by atoms with van der Waals surface area (Å²) in [6.45, 7) is 6.08. The minimum absolute atomic E-state index is 0.124. The summed E-state index contributed by atoms with van der Waals surface area (Å²) in [6, 6.07) is 22.9. The topological polar surface area (TPSA) is 97.9 Å². The molecule has 1 aromatic heterocycles. The van der Waals surface area contributed by atoms with Crippen molar-refractivity contribution in [2.75, 3.05) is 45.8 Å². The number of alkyl halides is 2. The van der Waals surface area contributed by atoms with Crippen LogP contribution in [-0.4, -0.2) is 95.2 Å². The number of aromatic nitrogens is 1. The molecule has 1 saturated heterocycles. The Morgan fingerprint density at radius 1 is 0.940 bits per heavy atom. The number of nitrogens with zero attached hydrogens (tertiary/aromatic N) is 4. The summed E-state index contributed by atoms with van der Waals surface area (Å²) in [6.07, 6.45) is 4.05. The average Bonchev–Trinajstić information content (AvgIpc) is 3.37. The van der Waals surface area contributed by atoms with Crippen molar-refractivity contribution >= 4 is 17.7 Å². The lowest BCUT2D eigenvalue weighted by Crippen LogP contribution is -2.55. The van der Waals surface area contributed by atoms with Gasteiger partial charge in [0.15, 0.2) is 0 Å². The fraction of sp³-hybridized carbons (Fsp3) is 0.487. The lowest BCUT2D eigenvalue weighted by molar-refractivity contribution is -0.130. The second-order valence-electron chi connectivity index (χ2n) is 13.9. The monoisotopic (exact) mass is 686 g/mol. The van der Waals surface area contributed by atoms with Crippen molar-refractivity contribution in [1.82, 2.24) is 30.3 Å². The minimum Gasteiger partial charge on any atom is -0.349 e. The van der Waals surface area contributed by atoms with E-state index in [0.29, 0.717) is 30.6 Å². The predicted octanol–water partition coefficient (Wildman–Crippen LogP) is 5.31. The molecular formula is C39H48F2N6O3. The third kappa shape index (κ3) is 9.38. The van der Waals surface area contributed by atoms with Gasteiger partial charge in [-0.05, 0) is 68.5 Å². The molecule has 2 aliphatic heterocycles. The van der Waals surface area contributed by atoms with Gasteiger partial charge in [-0.2, -0.15) is 0 Å². The van der Waals surface area contributed by atoms with Gasteiger partial charge in [-0.15, -0.1) is 0 Å². The number of carbonyl (C=O) groups is 3. The Kier molecular flexibility index (Phi) is 12.0. The van der Waals surface area contributed by atoms with Gasteiger partial charge in [0, 0.05) is 76.8 Å². The second kappa shape index (κ2) is 16.8. The van der Waals surface area contributed by atoms with Crippen molar-refractivity contribution in [2.24, 2.45) is 5.92 Å². The standard InChI is InChI=1S/C39H48F2N6O3/c40-39(41)18-15-30(16-19-39)36(48)44-35(29-10-2-1-3-11-29)17-24-45-25-21-43-32(27-45)28-46(26-31-12-6-7-20-42-31)22-8-9-23-47-37(49)33-13-4-5-14-34(33)38(47)50/h1-7,10-14,20,30,32,35,43H,8-9,15-19,21-28H2,(H,44,48)/t32-,35+/m1/s1. The molecule has 3 amide bonds. The highest BCUT2D eigenvalue weighted by Crippen LogP contribution is 2.36. The molecule has 3 aromatic rings. The molecule has 3 aliphatic rings. The maximum Gasteiger partial charge on any atom is 0.261 e. The van der Waals surface area contributed by atoms with Crippen LogP contribution in [-0.2, 0) is 11.3 Å². The van der Waals surface area contributed by atoms with Crippen LogP contribution in [0.1, 0.15) is 83.0 Å². The Morgan fingerprint density at radius 2 is 1.64 bits per heavy atom. The van der Waals surface area contributed by atoms with Crippen LogP contribution in [0.2, 0.25) is 0 Å². The van der Waals surface area contributed by atoms with Gasteiger partial charge in [0.1, 0.15) is 0 Å². The van der Waals surface area contributed by atoms with E-state index in [9.17, 15) is 23.2 Å². The number of halogens is 2. The number of benzene rings is 2. The molecule has 1 aliphatic carbocycles. The summed E-state index contributed by atoms with van der Waals surface area (Å²) < 4.78 is 27.5. The maximum absolute atomic E-state index is 13.7. The zero-order valence-corrected chi connectivity index (χ0v) is 28.6. The van der Waals surface area contributed by atoms with E-state index in [1.807, 2.05) is 54.7 Å². The van der Waals surface area contributed by atoms with E-state index in [-0.39, 0.29) is 61.4 Å². The maximum atomic E-state index is 13.7.